The van der Waals surface area contributed by atoms with E-state index >= 15 is 0 Å². The third kappa shape index (κ3) is 11.8. The maximum atomic E-state index is 14.0. The van der Waals surface area contributed by atoms with Crippen molar-refractivity contribution in [1.29, 1.82) is 0 Å². The molecule has 19 heteroatoms. The normalized spacial score (nSPS) is 22.1. The number of amides is 7. The zero-order valence-electron chi connectivity index (χ0n) is 32.5. The first-order valence-electron chi connectivity index (χ1n) is 18.6. The molecule has 2 saturated heterocycles. The fraction of sp³-hybridized carbons (Fsp3) is 0.771. The number of hydrogen-bond acceptors (Lipinski definition) is 11. The molecule has 0 aromatic heterocycles. The molecule has 0 aliphatic carbocycles. The average molecular weight is 769 g/mol. The highest BCUT2D eigenvalue weighted by atomic mass is 16.4. The SMILES string of the molecule is CC[C@H](C)[C@H](NC(=O)[C@@H](NC(=O)[C@@H](NC(=O)[C@@H](NC(=O)[C@H](C)N)C(C)C)[C@@H](C)O)[C@@H](C)O)C(=O)N1CCC[C@H]1C(=O)N[C@@H](C)C(=O)N1CCC[C@H]1C(=O)O. The molecule has 0 unspecified atom stereocenters. The van der Waals surface area contributed by atoms with Gasteiger partial charge < -0.3 is 57.4 Å². The topological polar surface area (TPSA) is 290 Å². The number of carbonyl (C=O) groups is 8. The number of likely N-dealkylation sites (tertiary alicyclic amines) is 2. The van der Waals surface area contributed by atoms with Gasteiger partial charge >= 0.3 is 5.97 Å². The number of aliphatic carboxylic acids is 1. The largest absolute Gasteiger partial charge is 0.480 e. The molecule has 10 N–H and O–H groups in total. The minimum Gasteiger partial charge on any atom is -0.480 e. The van der Waals surface area contributed by atoms with Crippen molar-refractivity contribution in [2.75, 3.05) is 13.1 Å². The number of carbonyl (C=O) groups excluding carboxylic acids is 7. The number of carboxylic acids is 1. The van der Waals surface area contributed by atoms with Gasteiger partial charge in [-0.1, -0.05) is 34.1 Å². The van der Waals surface area contributed by atoms with E-state index in [4.69, 9.17) is 5.73 Å². The first-order chi connectivity index (χ1) is 25.1. The lowest BCUT2D eigenvalue weighted by atomic mass is 9.96. The Bertz CT molecular complexity index is 1390. The summed E-state index contributed by atoms with van der Waals surface area (Å²) < 4.78 is 0. The monoisotopic (exact) mass is 768 g/mol. The molecule has 7 amide bonds. The van der Waals surface area contributed by atoms with Crippen molar-refractivity contribution < 1.29 is 53.7 Å². The maximum absolute atomic E-state index is 14.0. The summed E-state index contributed by atoms with van der Waals surface area (Å²) in [7, 11) is 0. The van der Waals surface area contributed by atoms with Gasteiger partial charge in [-0.2, -0.15) is 0 Å². The molecule has 11 atom stereocenters. The van der Waals surface area contributed by atoms with Gasteiger partial charge in [-0.05, 0) is 65.2 Å². The summed E-state index contributed by atoms with van der Waals surface area (Å²) in [6, 6.07) is -9.55. The molecule has 2 rings (SSSR count). The third-order valence-electron chi connectivity index (χ3n) is 9.95. The minimum absolute atomic E-state index is 0.170. The summed E-state index contributed by atoms with van der Waals surface area (Å²) in [6.07, 6.45) is -1.04. The van der Waals surface area contributed by atoms with Crippen LogP contribution in [0.15, 0.2) is 0 Å². The molecule has 0 aromatic carbocycles. The fourth-order valence-corrected chi connectivity index (χ4v) is 6.43. The molecule has 0 radical (unpaired) electrons. The Labute approximate surface area is 315 Å². The van der Waals surface area contributed by atoms with Gasteiger partial charge in [0.2, 0.25) is 41.4 Å². The van der Waals surface area contributed by atoms with E-state index in [1.165, 1.54) is 37.5 Å². The molecule has 0 bridgehead atoms. The number of nitrogens with two attached hydrogens (primary N) is 1. The summed E-state index contributed by atoms with van der Waals surface area (Å²) in [5, 5.41) is 42.9. The highest BCUT2D eigenvalue weighted by Crippen LogP contribution is 2.23. The number of rotatable bonds is 18. The lowest BCUT2D eigenvalue weighted by Gasteiger charge is -2.33. The van der Waals surface area contributed by atoms with Crippen LogP contribution in [-0.2, 0) is 38.4 Å². The number of nitrogens with zero attached hydrogens (tertiary/aromatic N) is 2. The van der Waals surface area contributed by atoms with Crippen molar-refractivity contribution in [2.24, 2.45) is 17.6 Å². The lowest BCUT2D eigenvalue weighted by molar-refractivity contribution is -0.149. The van der Waals surface area contributed by atoms with Crippen LogP contribution >= 0.6 is 0 Å². The van der Waals surface area contributed by atoms with Crippen molar-refractivity contribution in [2.45, 2.75) is 148 Å². The zero-order valence-corrected chi connectivity index (χ0v) is 32.5. The van der Waals surface area contributed by atoms with Crippen LogP contribution in [0.4, 0.5) is 0 Å². The minimum atomic E-state index is -1.65. The Morgan fingerprint density at radius 1 is 0.630 bits per heavy atom. The molecule has 0 spiro atoms. The van der Waals surface area contributed by atoms with Gasteiger partial charge in [0.1, 0.15) is 42.3 Å². The van der Waals surface area contributed by atoms with Gasteiger partial charge in [0.05, 0.1) is 18.2 Å². The molecule has 19 nitrogen and oxygen atoms in total. The average Bonchev–Trinajstić information content (AvgIpc) is 3.80. The van der Waals surface area contributed by atoms with Crippen LogP contribution in [0.3, 0.4) is 0 Å². The van der Waals surface area contributed by atoms with E-state index in [0.717, 1.165) is 0 Å². The van der Waals surface area contributed by atoms with Crippen molar-refractivity contribution in [3.8, 4) is 0 Å². The second kappa shape index (κ2) is 20.4. The zero-order chi connectivity index (χ0) is 41.2. The number of carboxylic acid groups (broad SMARTS) is 1. The fourth-order valence-electron chi connectivity index (χ4n) is 6.43. The summed E-state index contributed by atoms with van der Waals surface area (Å²) in [4.78, 5) is 107. The van der Waals surface area contributed by atoms with E-state index in [-0.39, 0.29) is 19.5 Å². The predicted octanol–water partition coefficient (Wildman–Crippen LogP) is -2.69. The Kier molecular flexibility index (Phi) is 17.3. The van der Waals surface area contributed by atoms with Gasteiger partial charge in [-0.3, -0.25) is 33.6 Å². The Morgan fingerprint density at radius 3 is 1.48 bits per heavy atom. The van der Waals surface area contributed by atoms with E-state index in [1.807, 2.05) is 0 Å². The highest BCUT2D eigenvalue weighted by Gasteiger charge is 2.43. The molecular formula is C35H60N8O11. The van der Waals surface area contributed by atoms with E-state index in [2.05, 4.69) is 26.6 Å². The number of aliphatic hydroxyl groups excluding tert-OH is 2. The number of hydrogen-bond donors (Lipinski definition) is 9. The van der Waals surface area contributed by atoms with Gasteiger partial charge in [0.25, 0.3) is 0 Å². The third-order valence-corrected chi connectivity index (χ3v) is 9.95. The van der Waals surface area contributed by atoms with Crippen molar-refractivity contribution in [3.63, 3.8) is 0 Å². The molecule has 306 valence electrons. The first kappa shape index (κ1) is 45.8. The van der Waals surface area contributed by atoms with Crippen LogP contribution in [-0.4, -0.2) is 146 Å². The van der Waals surface area contributed by atoms with Gasteiger partial charge in [0.15, 0.2) is 0 Å². The molecule has 2 aliphatic rings. The van der Waals surface area contributed by atoms with Crippen LogP contribution in [0, 0.1) is 11.8 Å². The van der Waals surface area contributed by atoms with Crippen LogP contribution in [0.5, 0.6) is 0 Å². The Hall–Kier alpha value is -4.36. The Balaban J connectivity index is 2.21. The summed E-state index contributed by atoms with van der Waals surface area (Å²) >= 11 is 0. The number of aliphatic hydroxyl groups is 2. The summed E-state index contributed by atoms with van der Waals surface area (Å²) in [5.74, 6) is -7.21. The summed E-state index contributed by atoms with van der Waals surface area (Å²) in [6.45, 7) is 12.5. The van der Waals surface area contributed by atoms with E-state index in [9.17, 15) is 53.7 Å². The number of nitrogens with one attached hydrogen (secondary N) is 5. The summed E-state index contributed by atoms with van der Waals surface area (Å²) in [5.41, 5.74) is 5.61. The predicted molar refractivity (Wildman–Crippen MR) is 194 cm³/mol. The molecule has 54 heavy (non-hydrogen) atoms. The lowest BCUT2D eigenvalue weighted by Crippen LogP contribution is -2.64. The van der Waals surface area contributed by atoms with Gasteiger partial charge in [0, 0.05) is 13.1 Å². The second-order valence-corrected chi connectivity index (χ2v) is 14.8. The van der Waals surface area contributed by atoms with Crippen molar-refractivity contribution in [1.82, 2.24) is 36.4 Å². The van der Waals surface area contributed by atoms with Crippen molar-refractivity contribution in [3.05, 3.63) is 0 Å². The molecule has 2 heterocycles. The molecular weight excluding hydrogens is 708 g/mol. The maximum Gasteiger partial charge on any atom is 0.326 e. The quantitative estimate of drug-likeness (QED) is 0.0689. The van der Waals surface area contributed by atoms with Crippen molar-refractivity contribution >= 4 is 47.3 Å². The standard InChI is InChI=1S/C35H60N8O11/c1-9-17(4)25(34(52)42-14-10-12-22(42)29(47)37-19(6)33(51)43-15-11-13-23(43)35(53)54)39-31(49)26(20(7)44)41-32(50)27(21(8)45)40-30(48)24(16(2)3)38-28(46)18(5)36/h16-27,44-45H,9-15,36H2,1-8H3,(H,37,47)(H,38,46)(H,39,49)(H,40,48)(H,41,50)(H,53,54)/t17-,18-,19-,20+,21+,22-,23-,24-,25-,26-,27-/m0/s1. The first-order valence-corrected chi connectivity index (χ1v) is 18.6. The van der Waals surface area contributed by atoms with Crippen LogP contribution < -0.4 is 32.3 Å². The van der Waals surface area contributed by atoms with Crippen LogP contribution in [0.1, 0.15) is 87.5 Å². The molecule has 2 fully saturated rings. The van der Waals surface area contributed by atoms with Gasteiger partial charge in [-0.15, -0.1) is 0 Å². The van der Waals surface area contributed by atoms with Crippen LogP contribution in [0.25, 0.3) is 0 Å². The van der Waals surface area contributed by atoms with Gasteiger partial charge in [-0.25, -0.2) is 4.79 Å². The molecule has 0 saturated carbocycles. The van der Waals surface area contributed by atoms with E-state index in [1.54, 1.807) is 27.7 Å². The highest BCUT2D eigenvalue weighted by molar-refractivity contribution is 5.98. The molecule has 2 aliphatic heterocycles. The second-order valence-electron chi connectivity index (χ2n) is 14.8. The van der Waals surface area contributed by atoms with E-state index in [0.29, 0.717) is 25.7 Å². The Morgan fingerprint density at radius 2 is 1.06 bits per heavy atom. The van der Waals surface area contributed by atoms with E-state index < -0.39 is 120 Å². The molecule has 0 aromatic rings. The van der Waals surface area contributed by atoms with Crippen LogP contribution in [0.2, 0.25) is 0 Å². The smallest absolute Gasteiger partial charge is 0.326 e.